The van der Waals surface area contributed by atoms with Gasteiger partial charge in [-0.05, 0) is 44.5 Å². The standard InChI is InChI=1S/C22H36N4O2/c1-5-8-13-23-18-11-12-19(20(16-18)27-4)22-24-21(25-28-22)17-26(14-9-6-2)15-10-7-3/h11-12,16,23H,5-10,13-15,17H2,1-4H3. The fraction of sp³-hybridized carbons (Fsp3) is 0.636. The molecule has 0 fully saturated rings. The smallest absolute Gasteiger partial charge is 0.261 e. The molecule has 28 heavy (non-hydrogen) atoms. The molecule has 1 aromatic heterocycles. The lowest BCUT2D eigenvalue weighted by Gasteiger charge is -2.19. The van der Waals surface area contributed by atoms with E-state index in [1.807, 2.05) is 18.2 Å². The molecule has 0 saturated carbocycles. The van der Waals surface area contributed by atoms with Gasteiger partial charge in [-0.15, -0.1) is 0 Å². The summed E-state index contributed by atoms with van der Waals surface area (Å²) in [4.78, 5) is 7.05. The van der Waals surface area contributed by atoms with Crippen molar-refractivity contribution < 1.29 is 9.26 Å². The first-order valence-electron chi connectivity index (χ1n) is 10.7. The van der Waals surface area contributed by atoms with Gasteiger partial charge in [0.2, 0.25) is 0 Å². The van der Waals surface area contributed by atoms with Gasteiger partial charge in [0.25, 0.3) is 5.89 Å². The van der Waals surface area contributed by atoms with Crippen molar-refractivity contribution in [3.05, 3.63) is 24.0 Å². The normalized spacial score (nSPS) is 11.2. The molecular weight excluding hydrogens is 352 g/mol. The second-order valence-electron chi connectivity index (χ2n) is 7.19. The number of benzene rings is 1. The fourth-order valence-corrected chi connectivity index (χ4v) is 3.05. The Balaban J connectivity index is 2.08. The molecule has 0 bridgehead atoms. The Morgan fingerprint density at radius 3 is 2.39 bits per heavy atom. The van der Waals surface area contributed by atoms with Crippen molar-refractivity contribution in [3.8, 4) is 17.2 Å². The molecule has 2 rings (SSSR count). The van der Waals surface area contributed by atoms with Crippen molar-refractivity contribution in [2.75, 3.05) is 32.1 Å². The lowest BCUT2D eigenvalue weighted by atomic mass is 10.1. The maximum Gasteiger partial charge on any atom is 0.261 e. The molecule has 6 heteroatoms. The number of methoxy groups -OCH3 is 1. The molecule has 156 valence electrons. The fourth-order valence-electron chi connectivity index (χ4n) is 3.05. The molecule has 0 saturated heterocycles. The summed E-state index contributed by atoms with van der Waals surface area (Å²) in [7, 11) is 1.67. The molecule has 0 aliphatic rings. The summed E-state index contributed by atoms with van der Waals surface area (Å²) in [6.45, 7) is 10.4. The van der Waals surface area contributed by atoms with Crippen molar-refractivity contribution in [1.82, 2.24) is 15.0 Å². The molecule has 0 aliphatic carbocycles. The van der Waals surface area contributed by atoms with Gasteiger partial charge in [0.15, 0.2) is 5.82 Å². The van der Waals surface area contributed by atoms with Crippen LogP contribution in [0.4, 0.5) is 5.69 Å². The van der Waals surface area contributed by atoms with Crippen LogP contribution in [0.15, 0.2) is 22.7 Å². The minimum absolute atomic E-state index is 0.512. The highest BCUT2D eigenvalue weighted by Gasteiger charge is 2.16. The molecule has 1 aromatic carbocycles. The first-order valence-corrected chi connectivity index (χ1v) is 10.7. The number of rotatable bonds is 14. The van der Waals surface area contributed by atoms with Crippen molar-refractivity contribution in [2.45, 2.75) is 65.8 Å². The Morgan fingerprint density at radius 2 is 1.75 bits per heavy atom. The van der Waals surface area contributed by atoms with Crippen LogP contribution in [0.25, 0.3) is 11.5 Å². The number of hydrogen-bond acceptors (Lipinski definition) is 6. The van der Waals surface area contributed by atoms with E-state index in [1.165, 1.54) is 32.1 Å². The number of nitrogens with zero attached hydrogens (tertiary/aromatic N) is 3. The Kier molecular flexibility index (Phi) is 9.83. The van der Waals surface area contributed by atoms with E-state index in [0.29, 0.717) is 5.89 Å². The lowest BCUT2D eigenvalue weighted by Crippen LogP contribution is -2.26. The molecule has 0 spiro atoms. The number of unbranched alkanes of at least 4 members (excludes halogenated alkanes) is 3. The van der Waals surface area contributed by atoms with E-state index in [2.05, 4.69) is 41.1 Å². The monoisotopic (exact) mass is 388 g/mol. The van der Waals surface area contributed by atoms with Crippen molar-refractivity contribution in [3.63, 3.8) is 0 Å². The zero-order chi connectivity index (χ0) is 20.2. The summed E-state index contributed by atoms with van der Waals surface area (Å²) in [5, 5.41) is 7.62. The summed E-state index contributed by atoms with van der Waals surface area (Å²) < 4.78 is 11.1. The van der Waals surface area contributed by atoms with Crippen LogP contribution >= 0.6 is 0 Å². The first-order chi connectivity index (χ1) is 13.7. The minimum atomic E-state index is 0.512. The van der Waals surface area contributed by atoms with Crippen LogP contribution in [0.1, 0.15) is 65.1 Å². The van der Waals surface area contributed by atoms with Crippen LogP contribution < -0.4 is 10.1 Å². The van der Waals surface area contributed by atoms with E-state index < -0.39 is 0 Å². The average molecular weight is 389 g/mol. The Labute approximate surface area is 169 Å². The van der Waals surface area contributed by atoms with Gasteiger partial charge >= 0.3 is 0 Å². The molecular formula is C22H36N4O2. The van der Waals surface area contributed by atoms with E-state index in [9.17, 15) is 0 Å². The third-order valence-electron chi connectivity index (χ3n) is 4.78. The summed E-state index contributed by atoms with van der Waals surface area (Å²) in [5.74, 6) is 1.98. The molecule has 0 radical (unpaired) electrons. The number of anilines is 1. The van der Waals surface area contributed by atoms with E-state index >= 15 is 0 Å². The zero-order valence-electron chi connectivity index (χ0n) is 18.0. The number of ether oxygens (including phenoxy) is 1. The molecule has 0 unspecified atom stereocenters. The van der Waals surface area contributed by atoms with Crippen LogP contribution in [-0.4, -0.2) is 41.8 Å². The van der Waals surface area contributed by atoms with Gasteiger partial charge in [0.1, 0.15) is 5.75 Å². The van der Waals surface area contributed by atoms with Crippen molar-refractivity contribution in [1.29, 1.82) is 0 Å². The summed E-state index contributed by atoms with van der Waals surface area (Å²) in [6.07, 6.45) is 7.07. The number of aromatic nitrogens is 2. The van der Waals surface area contributed by atoms with Gasteiger partial charge in [-0.25, -0.2) is 0 Å². The van der Waals surface area contributed by atoms with Gasteiger partial charge in [-0.3, -0.25) is 4.90 Å². The Bertz CT molecular complexity index is 679. The summed E-state index contributed by atoms with van der Waals surface area (Å²) >= 11 is 0. The average Bonchev–Trinajstić information content (AvgIpc) is 3.18. The highest BCUT2D eigenvalue weighted by molar-refractivity contribution is 5.67. The van der Waals surface area contributed by atoms with E-state index in [1.54, 1.807) is 7.11 Å². The number of hydrogen-bond donors (Lipinski definition) is 1. The molecule has 0 aliphatic heterocycles. The lowest BCUT2D eigenvalue weighted by molar-refractivity contribution is 0.247. The molecule has 1 N–H and O–H groups in total. The number of nitrogens with one attached hydrogen (secondary N) is 1. The van der Waals surface area contributed by atoms with E-state index in [-0.39, 0.29) is 0 Å². The second kappa shape index (κ2) is 12.4. The third kappa shape index (κ3) is 6.82. The van der Waals surface area contributed by atoms with Gasteiger partial charge in [-0.1, -0.05) is 45.2 Å². The van der Waals surface area contributed by atoms with E-state index in [0.717, 1.165) is 55.4 Å². The SMILES string of the molecule is CCCCNc1ccc(-c2nc(CN(CCCC)CCCC)no2)c(OC)c1. The molecule has 0 atom stereocenters. The molecule has 1 heterocycles. The van der Waals surface area contributed by atoms with Crippen LogP contribution in [0.5, 0.6) is 5.75 Å². The van der Waals surface area contributed by atoms with Gasteiger partial charge < -0.3 is 14.6 Å². The topological polar surface area (TPSA) is 63.4 Å². The van der Waals surface area contributed by atoms with Crippen LogP contribution in [-0.2, 0) is 6.54 Å². The molecule has 2 aromatic rings. The van der Waals surface area contributed by atoms with Crippen molar-refractivity contribution >= 4 is 5.69 Å². The minimum Gasteiger partial charge on any atom is -0.496 e. The van der Waals surface area contributed by atoms with Crippen molar-refractivity contribution in [2.24, 2.45) is 0 Å². The Morgan fingerprint density at radius 1 is 1.04 bits per heavy atom. The highest BCUT2D eigenvalue weighted by Crippen LogP contribution is 2.31. The van der Waals surface area contributed by atoms with E-state index in [4.69, 9.17) is 9.26 Å². The highest BCUT2D eigenvalue weighted by atomic mass is 16.5. The van der Waals surface area contributed by atoms with Gasteiger partial charge in [0, 0.05) is 18.3 Å². The van der Waals surface area contributed by atoms with Gasteiger partial charge in [-0.2, -0.15) is 4.98 Å². The van der Waals surface area contributed by atoms with Gasteiger partial charge in [0.05, 0.1) is 19.2 Å². The van der Waals surface area contributed by atoms with Crippen LogP contribution in [0.3, 0.4) is 0 Å². The largest absolute Gasteiger partial charge is 0.496 e. The first kappa shape index (κ1) is 22.2. The van der Waals surface area contributed by atoms with Crippen LogP contribution in [0, 0.1) is 0 Å². The summed E-state index contributed by atoms with van der Waals surface area (Å²) in [5.41, 5.74) is 1.87. The summed E-state index contributed by atoms with van der Waals surface area (Å²) in [6, 6.07) is 6.01. The second-order valence-corrected chi connectivity index (χ2v) is 7.19. The predicted octanol–water partition coefficient (Wildman–Crippen LogP) is 5.36. The third-order valence-corrected chi connectivity index (χ3v) is 4.78. The Hall–Kier alpha value is -2.08. The quantitative estimate of drug-likeness (QED) is 0.440. The maximum atomic E-state index is 5.57. The maximum absolute atomic E-state index is 5.57. The predicted molar refractivity (Wildman–Crippen MR) is 115 cm³/mol. The molecule has 6 nitrogen and oxygen atoms in total. The van der Waals surface area contributed by atoms with Crippen LogP contribution in [0.2, 0.25) is 0 Å². The zero-order valence-corrected chi connectivity index (χ0v) is 18.0. The molecule has 0 amide bonds.